The molecule has 0 saturated carbocycles. The number of alkyl halides is 3. The smallest absolute Gasteiger partial charge is 0.417 e. The van der Waals surface area contributed by atoms with Crippen LogP contribution in [0, 0.1) is 0 Å². The lowest BCUT2D eigenvalue weighted by Gasteiger charge is -2.43. The van der Waals surface area contributed by atoms with Gasteiger partial charge in [0.25, 0.3) is 0 Å². The molecule has 11 heteroatoms. The Labute approximate surface area is 266 Å². The first-order chi connectivity index (χ1) is 21.3. The highest BCUT2D eigenvalue weighted by atomic mass is 35.5. The molecule has 0 spiro atoms. The minimum atomic E-state index is -4.59. The minimum absolute atomic E-state index is 0.133. The Morgan fingerprint density at radius 1 is 0.889 bits per heavy atom. The molecular weight excluding hydrogens is 625 g/mol. The molecule has 0 aliphatic carbocycles. The maximum absolute atomic E-state index is 13.7. The molecule has 0 fully saturated rings. The molecule has 1 amide bonds. The zero-order valence-electron chi connectivity index (χ0n) is 24.9. The van der Waals surface area contributed by atoms with E-state index in [2.05, 4.69) is 4.90 Å². The summed E-state index contributed by atoms with van der Waals surface area (Å²) in [7, 11) is -3.67. The largest absolute Gasteiger partial charge is 0.494 e. The number of nitrogens with one attached hydrogen (secondary N) is 1. The Balaban J connectivity index is 1.59. The van der Waals surface area contributed by atoms with Crippen LogP contribution in [0.25, 0.3) is 0 Å². The van der Waals surface area contributed by atoms with Crippen molar-refractivity contribution in [3.8, 4) is 5.75 Å². The van der Waals surface area contributed by atoms with E-state index in [9.17, 15) is 26.4 Å². The second-order valence-corrected chi connectivity index (χ2v) is 13.0. The Hall–Kier alpha value is -3.86. The minimum Gasteiger partial charge on any atom is -0.494 e. The van der Waals surface area contributed by atoms with Gasteiger partial charge in [-0.1, -0.05) is 96.5 Å². The number of sulfonamides is 1. The topological polar surface area (TPSA) is 75.7 Å². The van der Waals surface area contributed by atoms with E-state index >= 15 is 0 Å². The van der Waals surface area contributed by atoms with E-state index in [1.807, 2.05) is 72.3 Å². The van der Waals surface area contributed by atoms with Crippen LogP contribution in [0.15, 0.2) is 103 Å². The molecule has 6 nitrogen and oxygen atoms in total. The average Bonchev–Trinajstić information content (AvgIpc) is 2.98. The summed E-state index contributed by atoms with van der Waals surface area (Å²) in [6.07, 6.45) is -3.31. The molecule has 238 valence electrons. The van der Waals surface area contributed by atoms with Crippen LogP contribution in [-0.2, 0) is 39.5 Å². The van der Waals surface area contributed by atoms with E-state index in [1.54, 1.807) is 30.3 Å². The third-order valence-electron chi connectivity index (χ3n) is 7.45. The summed E-state index contributed by atoms with van der Waals surface area (Å²) < 4.78 is 71.9. The number of nitrogens with zero attached hydrogens (tertiary/aromatic N) is 1. The van der Waals surface area contributed by atoms with Gasteiger partial charge in [-0.25, -0.2) is 8.42 Å². The van der Waals surface area contributed by atoms with Crippen LogP contribution in [0.4, 0.5) is 13.2 Å². The van der Waals surface area contributed by atoms with Gasteiger partial charge in [-0.3, -0.25) is 14.4 Å². The van der Waals surface area contributed by atoms with E-state index in [-0.39, 0.29) is 24.6 Å². The van der Waals surface area contributed by atoms with Crippen LogP contribution >= 0.6 is 11.6 Å². The monoisotopic (exact) mass is 658 g/mol. The third kappa shape index (κ3) is 9.09. The first-order valence-corrected chi connectivity index (χ1v) is 16.5. The Morgan fingerprint density at radius 3 is 2.07 bits per heavy atom. The van der Waals surface area contributed by atoms with Crippen LogP contribution in [0.1, 0.15) is 41.2 Å². The SMILES string of the molecule is CC(c1ccccc1)(c1ccccc1)N(CCCOc1cccc(CC(=O)NS(C)(=O)=O)c1)Cc1cccc(C(F)(F)F)c1Cl. The molecule has 4 aromatic rings. The Bertz CT molecular complexity index is 1660. The van der Waals surface area contributed by atoms with Crippen LogP contribution in [0.5, 0.6) is 5.75 Å². The van der Waals surface area contributed by atoms with Crippen LogP contribution < -0.4 is 9.46 Å². The molecular formula is C34H34ClF3N2O4S. The molecule has 0 aliphatic rings. The molecule has 1 N–H and O–H groups in total. The molecule has 0 aliphatic heterocycles. The summed E-state index contributed by atoms with van der Waals surface area (Å²) >= 11 is 6.37. The zero-order valence-corrected chi connectivity index (χ0v) is 26.4. The zero-order chi connectivity index (χ0) is 32.7. The summed E-state index contributed by atoms with van der Waals surface area (Å²) in [5.74, 6) is -0.152. The van der Waals surface area contributed by atoms with Gasteiger partial charge in [0.05, 0.1) is 35.4 Å². The highest BCUT2D eigenvalue weighted by Crippen LogP contribution is 2.40. The highest BCUT2D eigenvalue weighted by Gasteiger charge is 2.38. The number of benzene rings is 4. The molecule has 0 bridgehead atoms. The van der Waals surface area contributed by atoms with Crippen molar-refractivity contribution in [2.45, 2.75) is 38.0 Å². The van der Waals surface area contributed by atoms with Crippen molar-refractivity contribution in [2.24, 2.45) is 0 Å². The van der Waals surface area contributed by atoms with Crippen molar-refractivity contribution in [3.05, 3.63) is 136 Å². The number of hydrogen-bond acceptors (Lipinski definition) is 5. The fourth-order valence-electron chi connectivity index (χ4n) is 5.26. The van der Waals surface area contributed by atoms with E-state index in [0.29, 0.717) is 29.8 Å². The summed E-state index contributed by atoms with van der Waals surface area (Å²) in [6.45, 7) is 2.88. The maximum Gasteiger partial charge on any atom is 0.417 e. The van der Waals surface area contributed by atoms with Crippen molar-refractivity contribution in [1.82, 2.24) is 9.62 Å². The van der Waals surface area contributed by atoms with E-state index in [0.717, 1.165) is 23.4 Å². The molecule has 0 aromatic heterocycles. The number of carbonyl (C=O) groups excluding carboxylic acids is 1. The fourth-order valence-corrected chi connectivity index (χ4v) is 6.04. The molecule has 0 unspecified atom stereocenters. The number of carbonyl (C=O) groups is 1. The molecule has 0 heterocycles. The fraction of sp³-hybridized carbons (Fsp3) is 0.265. The van der Waals surface area contributed by atoms with Gasteiger partial charge in [-0.05, 0) is 53.8 Å². The lowest BCUT2D eigenvalue weighted by Crippen LogP contribution is -2.45. The summed E-state index contributed by atoms with van der Waals surface area (Å²) in [6, 6.07) is 30.3. The average molecular weight is 659 g/mol. The van der Waals surface area contributed by atoms with Crippen LogP contribution in [0.3, 0.4) is 0 Å². The number of halogens is 4. The Kier molecular flexibility index (Phi) is 11.0. The number of hydrogen-bond donors (Lipinski definition) is 1. The van der Waals surface area contributed by atoms with Gasteiger partial charge in [-0.15, -0.1) is 0 Å². The summed E-state index contributed by atoms with van der Waals surface area (Å²) in [5.41, 5.74) is 1.23. The number of rotatable bonds is 13. The first-order valence-electron chi connectivity index (χ1n) is 14.2. The molecule has 4 rings (SSSR count). The van der Waals surface area contributed by atoms with E-state index < -0.39 is 33.2 Å². The lowest BCUT2D eigenvalue weighted by molar-refractivity contribution is -0.137. The number of amides is 1. The van der Waals surface area contributed by atoms with Gasteiger partial charge >= 0.3 is 6.18 Å². The normalized spacial score (nSPS) is 12.2. The first kappa shape index (κ1) is 34.0. The van der Waals surface area contributed by atoms with Gasteiger partial charge in [0.15, 0.2) is 0 Å². The Morgan fingerprint density at radius 2 is 1.49 bits per heavy atom. The second kappa shape index (κ2) is 14.5. The molecule has 4 aromatic carbocycles. The standard InChI is InChI=1S/C34H34ClF3N2O4S/c1-33(27-14-5-3-6-15-27,28-16-7-4-8-17-28)40(24-26-13-10-19-30(32(26)35)34(36,37)38)20-11-21-44-29-18-9-12-25(22-29)23-31(41)39-45(2,42)43/h3-10,12-19,22H,11,20-21,23-24H2,1-2H3,(H,39,41). The predicted octanol–water partition coefficient (Wildman–Crippen LogP) is 7.21. The van der Waals surface area contributed by atoms with Crippen molar-refractivity contribution < 1.29 is 31.1 Å². The van der Waals surface area contributed by atoms with Crippen molar-refractivity contribution >= 4 is 27.5 Å². The van der Waals surface area contributed by atoms with Crippen LogP contribution in [-0.4, -0.2) is 38.6 Å². The van der Waals surface area contributed by atoms with Gasteiger partial charge in [-0.2, -0.15) is 13.2 Å². The highest BCUT2D eigenvalue weighted by molar-refractivity contribution is 7.89. The van der Waals surface area contributed by atoms with Crippen molar-refractivity contribution in [1.29, 1.82) is 0 Å². The second-order valence-electron chi connectivity index (χ2n) is 10.8. The predicted molar refractivity (Wildman–Crippen MR) is 169 cm³/mol. The van der Waals surface area contributed by atoms with E-state index in [4.69, 9.17) is 16.3 Å². The number of ether oxygens (including phenoxy) is 1. The van der Waals surface area contributed by atoms with Gasteiger partial charge in [0.2, 0.25) is 15.9 Å². The molecule has 45 heavy (non-hydrogen) atoms. The molecule has 0 saturated heterocycles. The van der Waals surface area contributed by atoms with Gasteiger partial charge in [0, 0.05) is 13.1 Å². The third-order valence-corrected chi connectivity index (χ3v) is 8.50. The van der Waals surface area contributed by atoms with E-state index in [1.165, 1.54) is 6.07 Å². The quantitative estimate of drug-likeness (QED) is 0.154. The van der Waals surface area contributed by atoms with Crippen LogP contribution in [0.2, 0.25) is 5.02 Å². The summed E-state index contributed by atoms with van der Waals surface area (Å²) in [4.78, 5) is 14.1. The van der Waals surface area contributed by atoms with Gasteiger partial charge in [0.1, 0.15) is 5.75 Å². The molecule has 0 atom stereocenters. The lowest BCUT2D eigenvalue weighted by atomic mass is 9.82. The summed E-state index contributed by atoms with van der Waals surface area (Å²) in [5, 5.41) is -0.327. The van der Waals surface area contributed by atoms with Crippen molar-refractivity contribution in [3.63, 3.8) is 0 Å². The molecule has 0 radical (unpaired) electrons. The van der Waals surface area contributed by atoms with Crippen molar-refractivity contribution in [2.75, 3.05) is 19.4 Å². The maximum atomic E-state index is 13.7. The van der Waals surface area contributed by atoms with Gasteiger partial charge < -0.3 is 4.74 Å².